The first kappa shape index (κ1) is 16.6. The van der Waals surface area contributed by atoms with Gasteiger partial charge in [-0.25, -0.2) is 9.97 Å². The average molecular weight is 277 g/mol. The highest BCUT2D eigenvalue weighted by Gasteiger charge is 2.18. The summed E-state index contributed by atoms with van der Waals surface area (Å²) in [6.45, 7) is 7.10. The van der Waals surface area contributed by atoms with Crippen LogP contribution in [0.15, 0.2) is 12.5 Å². The van der Waals surface area contributed by atoms with Gasteiger partial charge in [0.25, 0.3) is 0 Å². The van der Waals surface area contributed by atoms with Crippen molar-refractivity contribution in [2.75, 3.05) is 11.4 Å². The van der Waals surface area contributed by atoms with Crippen LogP contribution in [0.2, 0.25) is 0 Å². The molecular weight excluding hydrogens is 250 g/mol. The van der Waals surface area contributed by atoms with Crippen molar-refractivity contribution in [1.82, 2.24) is 9.97 Å². The van der Waals surface area contributed by atoms with E-state index in [-0.39, 0.29) is 5.91 Å². The van der Waals surface area contributed by atoms with Crippen molar-refractivity contribution >= 4 is 11.7 Å². The van der Waals surface area contributed by atoms with E-state index in [0.717, 1.165) is 56.5 Å². The van der Waals surface area contributed by atoms with Crippen LogP contribution in [0.25, 0.3) is 0 Å². The van der Waals surface area contributed by atoms with Crippen LogP contribution >= 0.6 is 0 Å². The number of rotatable bonds is 9. The second kappa shape index (κ2) is 9.45. The number of carbonyl (C=O) groups excluding carboxylic acids is 1. The number of carbonyl (C=O) groups is 1. The van der Waals surface area contributed by atoms with E-state index in [9.17, 15) is 4.79 Å². The lowest BCUT2D eigenvalue weighted by molar-refractivity contribution is -0.118. The highest BCUT2D eigenvalue weighted by Crippen LogP contribution is 2.20. The Labute approximate surface area is 122 Å². The highest BCUT2D eigenvalue weighted by atomic mass is 16.2. The Balaban J connectivity index is 2.96. The summed E-state index contributed by atoms with van der Waals surface area (Å²) in [5.74, 6) is 0.998. The molecule has 1 amide bonds. The standard InChI is InChI=1S/C16H27N3O/c1-4-7-10-14-12-17-13-18-16(14)19(11-8-5-2)15(20)9-6-3/h12-13H,4-11H2,1-3H3. The second-order valence-electron chi connectivity index (χ2n) is 5.12. The molecule has 0 radical (unpaired) electrons. The first-order valence-corrected chi connectivity index (χ1v) is 7.83. The molecule has 0 bridgehead atoms. The molecular formula is C16H27N3O. The molecule has 0 aliphatic carbocycles. The third-order valence-electron chi connectivity index (χ3n) is 3.32. The van der Waals surface area contributed by atoms with Crippen molar-refractivity contribution < 1.29 is 4.79 Å². The lowest BCUT2D eigenvalue weighted by Crippen LogP contribution is -2.33. The van der Waals surface area contributed by atoms with Gasteiger partial charge in [-0.15, -0.1) is 0 Å². The molecule has 20 heavy (non-hydrogen) atoms. The number of anilines is 1. The number of hydrogen-bond acceptors (Lipinski definition) is 3. The molecule has 1 heterocycles. The Bertz CT molecular complexity index is 406. The average Bonchev–Trinajstić information content (AvgIpc) is 2.47. The molecule has 0 saturated carbocycles. The third-order valence-corrected chi connectivity index (χ3v) is 3.32. The molecule has 4 nitrogen and oxygen atoms in total. The van der Waals surface area contributed by atoms with Gasteiger partial charge in [-0.3, -0.25) is 9.69 Å². The fraction of sp³-hybridized carbons (Fsp3) is 0.688. The molecule has 0 aliphatic rings. The fourth-order valence-corrected chi connectivity index (χ4v) is 2.15. The minimum atomic E-state index is 0.178. The normalized spacial score (nSPS) is 10.6. The van der Waals surface area contributed by atoms with Gasteiger partial charge in [-0.05, 0) is 25.7 Å². The zero-order valence-corrected chi connectivity index (χ0v) is 13.1. The van der Waals surface area contributed by atoms with Crippen LogP contribution in [-0.4, -0.2) is 22.4 Å². The Morgan fingerprint density at radius 2 is 1.90 bits per heavy atom. The highest BCUT2D eigenvalue weighted by molar-refractivity contribution is 5.92. The summed E-state index contributed by atoms with van der Waals surface area (Å²) in [5, 5.41) is 0. The van der Waals surface area contributed by atoms with E-state index in [1.165, 1.54) is 0 Å². The van der Waals surface area contributed by atoms with Crippen LogP contribution in [0.5, 0.6) is 0 Å². The van der Waals surface area contributed by atoms with Crippen molar-refractivity contribution in [3.05, 3.63) is 18.1 Å². The van der Waals surface area contributed by atoms with Crippen molar-refractivity contribution in [2.24, 2.45) is 0 Å². The lowest BCUT2D eigenvalue weighted by Gasteiger charge is -2.23. The predicted molar refractivity (Wildman–Crippen MR) is 82.8 cm³/mol. The van der Waals surface area contributed by atoms with Crippen molar-refractivity contribution in [1.29, 1.82) is 0 Å². The third kappa shape index (κ3) is 4.91. The summed E-state index contributed by atoms with van der Waals surface area (Å²) in [5.41, 5.74) is 1.09. The van der Waals surface area contributed by atoms with Gasteiger partial charge in [0, 0.05) is 24.7 Å². The molecule has 112 valence electrons. The van der Waals surface area contributed by atoms with Crippen LogP contribution < -0.4 is 4.90 Å². The molecule has 0 aliphatic heterocycles. The maximum Gasteiger partial charge on any atom is 0.228 e. The van der Waals surface area contributed by atoms with E-state index in [4.69, 9.17) is 0 Å². The van der Waals surface area contributed by atoms with E-state index >= 15 is 0 Å². The summed E-state index contributed by atoms with van der Waals surface area (Å²) in [4.78, 5) is 22.7. The van der Waals surface area contributed by atoms with Gasteiger partial charge in [0.1, 0.15) is 12.1 Å². The SMILES string of the molecule is CCCCc1cncnc1N(CCCC)C(=O)CCC. The molecule has 0 fully saturated rings. The first-order valence-electron chi connectivity index (χ1n) is 7.83. The van der Waals surface area contributed by atoms with Crippen molar-refractivity contribution in [3.8, 4) is 0 Å². The molecule has 0 unspecified atom stereocenters. The van der Waals surface area contributed by atoms with Gasteiger partial charge >= 0.3 is 0 Å². The van der Waals surface area contributed by atoms with Crippen LogP contribution in [0.1, 0.15) is 64.9 Å². The molecule has 0 spiro atoms. The molecule has 0 aromatic carbocycles. The van der Waals surface area contributed by atoms with E-state index in [2.05, 4.69) is 23.8 Å². The van der Waals surface area contributed by atoms with E-state index in [1.807, 2.05) is 18.0 Å². The number of unbranched alkanes of at least 4 members (excludes halogenated alkanes) is 2. The predicted octanol–water partition coefficient (Wildman–Crippen LogP) is 3.75. The van der Waals surface area contributed by atoms with E-state index in [1.54, 1.807) is 6.33 Å². The minimum absolute atomic E-state index is 0.178. The van der Waals surface area contributed by atoms with Gasteiger partial charge in [0.2, 0.25) is 5.91 Å². The summed E-state index contributed by atoms with van der Waals surface area (Å²) in [6, 6.07) is 0. The second-order valence-corrected chi connectivity index (χ2v) is 5.12. The summed E-state index contributed by atoms with van der Waals surface area (Å²) in [6.07, 6.45) is 10.1. The van der Waals surface area contributed by atoms with Gasteiger partial charge in [0.15, 0.2) is 0 Å². The van der Waals surface area contributed by atoms with E-state index < -0.39 is 0 Å². The molecule has 1 aromatic rings. The largest absolute Gasteiger partial charge is 0.297 e. The summed E-state index contributed by atoms with van der Waals surface area (Å²) in [7, 11) is 0. The van der Waals surface area contributed by atoms with Gasteiger partial charge < -0.3 is 0 Å². The lowest BCUT2D eigenvalue weighted by atomic mass is 10.1. The number of aryl methyl sites for hydroxylation is 1. The topological polar surface area (TPSA) is 46.1 Å². The number of amides is 1. The maximum atomic E-state index is 12.3. The van der Waals surface area contributed by atoms with Gasteiger partial charge in [0.05, 0.1) is 0 Å². The van der Waals surface area contributed by atoms with Crippen LogP contribution in [-0.2, 0) is 11.2 Å². The van der Waals surface area contributed by atoms with Gasteiger partial charge in [-0.1, -0.05) is 33.6 Å². The number of nitrogens with zero attached hydrogens (tertiary/aromatic N) is 3. The maximum absolute atomic E-state index is 12.3. The first-order chi connectivity index (χ1) is 9.74. The smallest absolute Gasteiger partial charge is 0.228 e. The monoisotopic (exact) mass is 277 g/mol. The summed E-state index contributed by atoms with van der Waals surface area (Å²) < 4.78 is 0. The van der Waals surface area contributed by atoms with Crippen LogP contribution in [0.3, 0.4) is 0 Å². The Hall–Kier alpha value is -1.45. The quantitative estimate of drug-likeness (QED) is 0.690. The van der Waals surface area contributed by atoms with Crippen molar-refractivity contribution in [2.45, 2.75) is 65.7 Å². The van der Waals surface area contributed by atoms with Crippen molar-refractivity contribution in [3.63, 3.8) is 0 Å². The van der Waals surface area contributed by atoms with Crippen LogP contribution in [0.4, 0.5) is 5.82 Å². The molecule has 0 atom stereocenters. The fourth-order valence-electron chi connectivity index (χ4n) is 2.15. The molecule has 0 saturated heterocycles. The van der Waals surface area contributed by atoms with Crippen LogP contribution in [0, 0.1) is 0 Å². The molecule has 4 heteroatoms. The summed E-state index contributed by atoms with van der Waals surface area (Å²) >= 11 is 0. The molecule has 1 rings (SSSR count). The number of hydrogen-bond donors (Lipinski definition) is 0. The van der Waals surface area contributed by atoms with Gasteiger partial charge in [-0.2, -0.15) is 0 Å². The molecule has 1 aromatic heterocycles. The Morgan fingerprint density at radius 1 is 1.15 bits per heavy atom. The Kier molecular flexibility index (Phi) is 7.85. The Morgan fingerprint density at radius 3 is 2.55 bits per heavy atom. The zero-order chi connectivity index (χ0) is 14.8. The number of aromatic nitrogens is 2. The molecule has 0 N–H and O–H groups in total. The zero-order valence-electron chi connectivity index (χ0n) is 13.1. The van der Waals surface area contributed by atoms with E-state index in [0.29, 0.717) is 6.42 Å². The minimum Gasteiger partial charge on any atom is -0.297 e.